The molecule has 0 unspecified atom stereocenters. The second-order valence-electron chi connectivity index (χ2n) is 7.29. The van der Waals surface area contributed by atoms with E-state index >= 15 is 0 Å². The molecule has 1 aliphatic rings. The van der Waals surface area contributed by atoms with Crippen molar-refractivity contribution in [2.45, 2.75) is 12.8 Å². The van der Waals surface area contributed by atoms with Gasteiger partial charge in [0.25, 0.3) is 0 Å². The van der Waals surface area contributed by atoms with E-state index in [1.54, 1.807) is 19.1 Å². The van der Waals surface area contributed by atoms with Gasteiger partial charge in [0.05, 0.1) is 0 Å². The predicted octanol–water partition coefficient (Wildman–Crippen LogP) is 5.44. The molecule has 3 aromatic rings. The highest BCUT2D eigenvalue weighted by atomic mass is 16.5. The van der Waals surface area contributed by atoms with Crippen LogP contribution in [0.3, 0.4) is 0 Å². The average molecular weight is 397 g/mol. The first-order valence-corrected chi connectivity index (χ1v) is 10.00. The molecule has 0 atom stereocenters. The van der Waals surface area contributed by atoms with E-state index in [1.807, 2.05) is 48.6 Å². The van der Waals surface area contributed by atoms with Crippen LogP contribution in [0, 0.1) is 0 Å². The van der Waals surface area contributed by atoms with Crippen molar-refractivity contribution < 1.29 is 14.3 Å². The van der Waals surface area contributed by atoms with Crippen LogP contribution >= 0.6 is 0 Å². The van der Waals surface area contributed by atoms with Crippen LogP contribution < -0.4 is 5.32 Å². The monoisotopic (exact) mass is 397 g/mol. The molecule has 0 spiro atoms. The third-order valence-corrected chi connectivity index (χ3v) is 5.34. The Morgan fingerprint density at radius 1 is 0.900 bits per heavy atom. The number of hydrogen-bond acceptors (Lipinski definition) is 3. The molecule has 30 heavy (non-hydrogen) atoms. The Morgan fingerprint density at radius 3 is 2.10 bits per heavy atom. The molecular formula is C26H23NO3. The zero-order chi connectivity index (χ0) is 20.9. The maximum Gasteiger partial charge on any atom is 0.407 e. The number of ketones is 1. The number of ether oxygens (including phenoxy) is 1. The van der Waals surface area contributed by atoms with Gasteiger partial charge in [0, 0.05) is 18.0 Å². The van der Waals surface area contributed by atoms with E-state index < -0.39 is 6.09 Å². The van der Waals surface area contributed by atoms with Crippen LogP contribution in [0.2, 0.25) is 0 Å². The zero-order valence-corrected chi connectivity index (χ0v) is 16.8. The van der Waals surface area contributed by atoms with E-state index in [0.717, 1.165) is 5.56 Å². The van der Waals surface area contributed by atoms with Gasteiger partial charge >= 0.3 is 6.09 Å². The quantitative estimate of drug-likeness (QED) is 0.564. The fraction of sp³-hybridized carbons (Fsp3) is 0.154. The van der Waals surface area contributed by atoms with Gasteiger partial charge in [-0.25, -0.2) is 4.79 Å². The van der Waals surface area contributed by atoms with Gasteiger partial charge in [0.15, 0.2) is 5.78 Å². The highest BCUT2D eigenvalue weighted by molar-refractivity contribution is 5.94. The SMILES string of the molecule is CC(=O)c1ccc(C=CCNC(=O)OCC2c3ccccc3-c3ccccc32)cc1. The minimum absolute atomic E-state index is 0.0439. The van der Waals surface area contributed by atoms with Gasteiger partial charge in [0.2, 0.25) is 0 Å². The number of benzene rings is 3. The minimum atomic E-state index is -0.437. The van der Waals surface area contributed by atoms with Crippen LogP contribution in [0.15, 0.2) is 78.9 Å². The van der Waals surface area contributed by atoms with Crippen LogP contribution in [-0.4, -0.2) is 25.0 Å². The molecule has 0 radical (unpaired) electrons. The largest absolute Gasteiger partial charge is 0.449 e. The van der Waals surface area contributed by atoms with E-state index in [2.05, 4.69) is 29.6 Å². The molecule has 0 aliphatic heterocycles. The van der Waals surface area contributed by atoms with Gasteiger partial charge in [-0.1, -0.05) is 84.9 Å². The molecule has 0 heterocycles. The minimum Gasteiger partial charge on any atom is -0.449 e. The lowest BCUT2D eigenvalue weighted by Gasteiger charge is -2.14. The molecule has 150 valence electrons. The zero-order valence-electron chi connectivity index (χ0n) is 16.8. The summed E-state index contributed by atoms with van der Waals surface area (Å²) in [6.45, 7) is 2.21. The highest BCUT2D eigenvalue weighted by Gasteiger charge is 2.28. The van der Waals surface area contributed by atoms with Crippen molar-refractivity contribution in [2.75, 3.05) is 13.2 Å². The Morgan fingerprint density at radius 2 is 1.50 bits per heavy atom. The van der Waals surface area contributed by atoms with Crippen molar-refractivity contribution in [3.05, 3.63) is 101 Å². The molecule has 4 nitrogen and oxygen atoms in total. The summed E-state index contributed by atoms with van der Waals surface area (Å²) in [6, 6.07) is 23.9. The van der Waals surface area contributed by atoms with E-state index in [1.165, 1.54) is 22.3 Å². The van der Waals surface area contributed by atoms with E-state index in [-0.39, 0.29) is 11.7 Å². The van der Waals surface area contributed by atoms with Crippen molar-refractivity contribution in [3.8, 4) is 11.1 Å². The van der Waals surface area contributed by atoms with E-state index in [4.69, 9.17) is 4.74 Å². The molecule has 0 fully saturated rings. The molecule has 3 aromatic carbocycles. The summed E-state index contributed by atoms with van der Waals surface area (Å²) in [6.07, 6.45) is 3.31. The fourth-order valence-corrected chi connectivity index (χ4v) is 3.82. The molecule has 0 bridgehead atoms. The van der Waals surface area contributed by atoms with Gasteiger partial charge in [-0.05, 0) is 34.7 Å². The van der Waals surface area contributed by atoms with E-state index in [9.17, 15) is 9.59 Å². The third-order valence-electron chi connectivity index (χ3n) is 5.34. The second kappa shape index (κ2) is 8.78. The summed E-state index contributed by atoms with van der Waals surface area (Å²) in [5.41, 5.74) is 6.46. The van der Waals surface area contributed by atoms with Crippen LogP contribution in [-0.2, 0) is 4.74 Å². The van der Waals surface area contributed by atoms with Crippen molar-refractivity contribution in [3.63, 3.8) is 0 Å². The van der Waals surface area contributed by atoms with Gasteiger partial charge in [-0.2, -0.15) is 0 Å². The van der Waals surface area contributed by atoms with Crippen LogP contribution in [0.25, 0.3) is 17.2 Å². The number of rotatable bonds is 6. The summed E-state index contributed by atoms with van der Waals surface area (Å²) in [5, 5.41) is 2.75. The Kier molecular flexibility index (Phi) is 5.75. The van der Waals surface area contributed by atoms with Crippen LogP contribution in [0.4, 0.5) is 4.79 Å². The Bertz CT molecular complexity index is 1050. The smallest absolute Gasteiger partial charge is 0.407 e. The maximum absolute atomic E-state index is 12.1. The van der Waals surface area contributed by atoms with Gasteiger partial charge in [-0.3, -0.25) is 4.79 Å². The summed E-state index contributed by atoms with van der Waals surface area (Å²) in [7, 11) is 0. The van der Waals surface area contributed by atoms with Crippen molar-refractivity contribution in [1.29, 1.82) is 0 Å². The lowest BCUT2D eigenvalue weighted by molar-refractivity contribution is 0.101. The summed E-state index contributed by atoms with van der Waals surface area (Å²) in [4.78, 5) is 23.5. The molecule has 1 amide bonds. The number of alkyl carbamates (subject to hydrolysis) is 1. The molecule has 4 heteroatoms. The molecule has 0 saturated heterocycles. The summed E-state index contributed by atoms with van der Waals surface area (Å²) >= 11 is 0. The average Bonchev–Trinajstić information content (AvgIpc) is 3.09. The Balaban J connectivity index is 1.31. The summed E-state index contributed by atoms with van der Waals surface area (Å²) in [5.74, 6) is 0.0981. The molecule has 0 saturated carbocycles. The first-order valence-electron chi connectivity index (χ1n) is 10.00. The molecule has 4 rings (SSSR count). The third kappa shape index (κ3) is 4.18. The van der Waals surface area contributed by atoms with Crippen LogP contribution in [0.1, 0.15) is 39.9 Å². The molecule has 0 aromatic heterocycles. The lowest BCUT2D eigenvalue weighted by atomic mass is 9.98. The number of nitrogens with one attached hydrogen (secondary N) is 1. The molecular weight excluding hydrogens is 374 g/mol. The van der Waals surface area contributed by atoms with Crippen molar-refractivity contribution in [1.82, 2.24) is 5.32 Å². The number of amides is 1. The van der Waals surface area contributed by atoms with Gasteiger partial charge in [-0.15, -0.1) is 0 Å². The maximum atomic E-state index is 12.1. The second-order valence-corrected chi connectivity index (χ2v) is 7.29. The topological polar surface area (TPSA) is 55.4 Å². The van der Waals surface area contributed by atoms with Gasteiger partial charge in [0.1, 0.15) is 6.61 Å². The van der Waals surface area contributed by atoms with Crippen LogP contribution in [0.5, 0.6) is 0 Å². The van der Waals surface area contributed by atoms with Gasteiger partial charge < -0.3 is 10.1 Å². The van der Waals surface area contributed by atoms with Crippen molar-refractivity contribution >= 4 is 18.0 Å². The number of fused-ring (bicyclic) bond motifs is 3. The standard InChI is InChI=1S/C26H23NO3/c1-18(28)20-14-12-19(13-15-20)7-6-16-27-26(29)30-17-25-23-10-4-2-8-21(23)22-9-3-5-11-24(22)25/h2-15,25H,16-17H2,1H3,(H,27,29). The highest BCUT2D eigenvalue weighted by Crippen LogP contribution is 2.44. The fourth-order valence-electron chi connectivity index (χ4n) is 3.82. The number of carbonyl (C=O) groups is 2. The Labute approximate surface area is 176 Å². The number of hydrogen-bond donors (Lipinski definition) is 1. The van der Waals surface area contributed by atoms with E-state index in [0.29, 0.717) is 18.7 Å². The predicted molar refractivity (Wildman–Crippen MR) is 119 cm³/mol. The number of Topliss-reactive ketones (excluding diaryl/α,β-unsaturated/α-hetero) is 1. The lowest BCUT2D eigenvalue weighted by Crippen LogP contribution is -2.26. The Hall–Kier alpha value is -3.66. The first-order chi connectivity index (χ1) is 14.6. The summed E-state index contributed by atoms with van der Waals surface area (Å²) < 4.78 is 5.51. The van der Waals surface area contributed by atoms with Crippen molar-refractivity contribution in [2.24, 2.45) is 0 Å². The first kappa shape index (κ1) is 19.6. The number of carbonyl (C=O) groups excluding carboxylic acids is 2. The molecule has 1 aliphatic carbocycles. The molecule has 1 N–H and O–H groups in total. The normalized spacial score (nSPS) is 12.4.